The summed E-state index contributed by atoms with van der Waals surface area (Å²) < 4.78 is 11.8. The number of unbranched alkanes of at least 4 members (excludes halogenated alkanes) is 3. The Labute approximate surface area is 177 Å². The second kappa shape index (κ2) is 10.7. The average Bonchev–Trinajstić information content (AvgIpc) is 2.74. The minimum absolute atomic E-state index is 0.0485. The van der Waals surface area contributed by atoms with Gasteiger partial charge >= 0.3 is 5.97 Å². The molecule has 1 heterocycles. The number of carbonyl (C=O) groups is 2. The Balaban J connectivity index is 1.64. The Morgan fingerprint density at radius 3 is 2.67 bits per heavy atom. The fourth-order valence-electron chi connectivity index (χ4n) is 3.62. The molecule has 30 heavy (non-hydrogen) atoms. The summed E-state index contributed by atoms with van der Waals surface area (Å²) in [6, 6.07) is 14.7. The molecule has 160 valence electrons. The van der Waals surface area contributed by atoms with E-state index < -0.39 is 12.1 Å². The largest absolute Gasteiger partial charge is 0.493 e. The lowest BCUT2D eigenvalue weighted by Crippen LogP contribution is -2.47. The Morgan fingerprint density at radius 1 is 1.10 bits per heavy atom. The molecule has 2 aromatic rings. The van der Waals surface area contributed by atoms with Crippen LogP contribution in [0, 0.1) is 0 Å². The van der Waals surface area contributed by atoms with Crippen molar-refractivity contribution in [1.82, 2.24) is 0 Å². The zero-order chi connectivity index (χ0) is 21.3. The lowest BCUT2D eigenvalue weighted by molar-refractivity contribution is -0.136. The summed E-state index contributed by atoms with van der Waals surface area (Å²) in [7, 11) is 0. The van der Waals surface area contributed by atoms with Gasteiger partial charge in [-0.25, -0.2) is 0 Å². The van der Waals surface area contributed by atoms with Gasteiger partial charge in [0, 0.05) is 18.5 Å². The van der Waals surface area contributed by atoms with Crippen molar-refractivity contribution >= 4 is 17.6 Å². The first-order valence-corrected chi connectivity index (χ1v) is 10.6. The number of carboxylic acid groups (broad SMARTS) is 1. The van der Waals surface area contributed by atoms with Crippen LogP contribution >= 0.6 is 0 Å². The summed E-state index contributed by atoms with van der Waals surface area (Å²) in [6.45, 7) is 3.11. The number of amides is 1. The average molecular weight is 411 g/mol. The second-order valence-electron chi connectivity index (χ2n) is 7.44. The second-order valence-corrected chi connectivity index (χ2v) is 7.44. The molecule has 0 radical (unpaired) electrons. The normalized spacial score (nSPS) is 15.4. The predicted molar refractivity (Wildman–Crippen MR) is 115 cm³/mol. The smallest absolute Gasteiger partial charge is 0.307 e. The molecule has 0 fully saturated rings. The van der Waals surface area contributed by atoms with Crippen LogP contribution in [0.3, 0.4) is 0 Å². The van der Waals surface area contributed by atoms with Crippen molar-refractivity contribution in [1.29, 1.82) is 0 Å². The number of hydrogen-bond acceptors (Lipinski definition) is 4. The molecule has 3 rings (SSSR count). The van der Waals surface area contributed by atoms with Crippen molar-refractivity contribution in [2.75, 3.05) is 18.1 Å². The third kappa shape index (κ3) is 5.53. The molecule has 6 heteroatoms. The molecule has 0 aliphatic carbocycles. The lowest BCUT2D eigenvalue weighted by Gasteiger charge is -2.34. The summed E-state index contributed by atoms with van der Waals surface area (Å²) in [6.07, 6.45) is 4.03. The molecule has 1 N–H and O–H groups in total. The van der Waals surface area contributed by atoms with Crippen LogP contribution in [0.2, 0.25) is 0 Å². The number of hydrogen-bond donors (Lipinski definition) is 1. The van der Waals surface area contributed by atoms with Crippen LogP contribution in [0.4, 0.5) is 5.69 Å². The minimum Gasteiger partial charge on any atom is -0.493 e. The monoisotopic (exact) mass is 411 g/mol. The highest BCUT2D eigenvalue weighted by Crippen LogP contribution is 2.34. The van der Waals surface area contributed by atoms with Gasteiger partial charge in [0.25, 0.3) is 5.91 Å². The van der Waals surface area contributed by atoms with E-state index in [-0.39, 0.29) is 18.9 Å². The molecule has 1 atom stereocenters. The number of carbonyl (C=O) groups excluding carboxylic acids is 1. The van der Waals surface area contributed by atoms with E-state index in [2.05, 4.69) is 6.92 Å². The highest BCUT2D eigenvalue weighted by atomic mass is 16.5. The standard InChI is InChI=1S/C24H29NO5/c1-2-3-4-9-15-25-19-11-6-8-13-21(19)30-22(24(25)28)14-16-29-20-12-7-5-10-18(20)17-23(26)27/h5-8,10-13,22H,2-4,9,14-17H2,1H3,(H,26,27)/t22-/m1/s1. The first-order chi connectivity index (χ1) is 14.6. The number of rotatable bonds is 11. The molecule has 6 nitrogen and oxygen atoms in total. The summed E-state index contributed by atoms with van der Waals surface area (Å²) >= 11 is 0. The van der Waals surface area contributed by atoms with E-state index in [0.29, 0.717) is 30.0 Å². The van der Waals surface area contributed by atoms with Crippen molar-refractivity contribution in [2.45, 2.75) is 51.6 Å². The van der Waals surface area contributed by atoms with Crippen LogP contribution in [0.5, 0.6) is 11.5 Å². The first kappa shape index (κ1) is 21.7. The van der Waals surface area contributed by atoms with Gasteiger partial charge in [0.2, 0.25) is 0 Å². The maximum absolute atomic E-state index is 13.1. The van der Waals surface area contributed by atoms with Gasteiger partial charge in [0.05, 0.1) is 18.7 Å². The van der Waals surface area contributed by atoms with Crippen LogP contribution in [0.15, 0.2) is 48.5 Å². The predicted octanol–water partition coefficient (Wildman–Crippen LogP) is 4.46. The molecule has 0 aromatic heterocycles. The van der Waals surface area contributed by atoms with Gasteiger partial charge in [-0.2, -0.15) is 0 Å². The molecule has 0 unspecified atom stereocenters. The quantitative estimate of drug-likeness (QED) is 0.553. The van der Waals surface area contributed by atoms with E-state index in [9.17, 15) is 9.59 Å². The number of fused-ring (bicyclic) bond motifs is 1. The molecule has 0 spiro atoms. The van der Waals surface area contributed by atoms with E-state index in [1.54, 1.807) is 24.3 Å². The molecule has 0 bridgehead atoms. The molecule has 1 aliphatic heterocycles. The molecule has 1 amide bonds. The minimum atomic E-state index is -0.910. The Morgan fingerprint density at radius 2 is 1.87 bits per heavy atom. The Bertz CT molecular complexity index is 866. The molecule has 0 saturated carbocycles. The van der Waals surface area contributed by atoms with Gasteiger partial charge in [-0.15, -0.1) is 0 Å². The highest BCUT2D eigenvalue weighted by Gasteiger charge is 2.33. The van der Waals surface area contributed by atoms with Crippen LogP contribution < -0.4 is 14.4 Å². The molecule has 1 aliphatic rings. The van der Waals surface area contributed by atoms with E-state index in [1.165, 1.54) is 0 Å². The van der Waals surface area contributed by atoms with Crippen LogP contribution in [-0.2, 0) is 16.0 Å². The number of aliphatic carboxylic acids is 1. The van der Waals surface area contributed by atoms with Gasteiger partial charge in [-0.3, -0.25) is 9.59 Å². The van der Waals surface area contributed by atoms with E-state index in [1.807, 2.05) is 29.2 Å². The summed E-state index contributed by atoms with van der Waals surface area (Å²) in [5.41, 5.74) is 1.44. The fourth-order valence-corrected chi connectivity index (χ4v) is 3.62. The van der Waals surface area contributed by atoms with Gasteiger partial charge < -0.3 is 19.5 Å². The van der Waals surface area contributed by atoms with Crippen LogP contribution in [0.25, 0.3) is 0 Å². The van der Waals surface area contributed by atoms with Crippen LogP contribution in [0.1, 0.15) is 44.6 Å². The molecule has 0 saturated heterocycles. The maximum Gasteiger partial charge on any atom is 0.307 e. The van der Waals surface area contributed by atoms with Gasteiger partial charge in [0.1, 0.15) is 11.5 Å². The number of carboxylic acids is 1. The number of nitrogens with zero attached hydrogens (tertiary/aromatic N) is 1. The SMILES string of the molecule is CCCCCCN1C(=O)[C@@H](CCOc2ccccc2CC(=O)O)Oc2ccccc21. The first-order valence-electron chi connectivity index (χ1n) is 10.6. The summed E-state index contributed by atoms with van der Waals surface area (Å²) in [5, 5.41) is 9.06. The summed E-state index contributed by atoms with van der Waals surface area (Å²) in [5.74, 6) is 0.281. The maximum atomic E-state index is 13.1. The van der Waals surface area contributed by atoms with E-state index in [0.717, 1.165) is 31.4 Å². The third-order valence-electron chi connectivity index (χ3n) is 5.15. The number of anilines is 1. The zero-order valence-electron chi connectivity index (χ0n) is 17.4. The van der Waals surface area contributed by atoms with Crippen molar-refractivity contribution < 1.29 is 24.2 Å². The zero-order valence-corrected chi connectivity index (χ0v) is 17.4. The van der Waals surface area contributed by atoms with Crippen LogP contribution in [-0.4, -0.2) is 36.2 Å². The molecular formula is C24H29NO5. The van der Waals surface area contributed by atoms with E-state index >= 15 is 0 Å². The van der Waals surface area contributed by atoms with Gasteiger partial charge in [0.15, 0.2) is 6.10 Å². The Kier molecular flexibility index (Phi) is 7.71. The topological polar surface area (TPSA) is 76.1 Å². The van der Waals surface area contributed by atoms with Crippen molar-refractivity contribution in [3.05, 3.63) is 54.1 Å². The highest BCUT2D eigenvalue weighted by molar-refractivity contribution is 6.00. The van der Waals surface area contributed by atoms with Gasteiger partial charge in [-0.05, 0) is 24.6 Å². The lowest BCUT2D eigenvalue weighted by atomic mass is 10.1. The van der Waals surface area contributed by atoms with Crippen molar-refractivity contribution in [3.63, 3.8) is 0 Å². The van der Waals surface area contributed by atoms with Gasteiger partial charge in [-0.1, -0.05) is 56.5 Å². The molecule has 2 aromatic carbocycles. The Hall–Kier alpha value is -3.02. The number of benzene rings is 2. The van der Waals surface area contributed by atoms with Crippen molar-refractivity contribution in [3.8, 4) is 11.5 Å². The van der Waals surface area contributed by atoms with Crippen molar-refractivity contribution in [2.24, 2.45) is 0 Å². The fraction of sp³-hybridized carbons (Fsp3) is 0.417. The summed E-state index contributed by atoms with van der Waals surface area (Å²) in [4.78, 5) is 25.9. The van der Waals surface area contributed by atoms with E-state index in [4.69, 9.17) is 14.6 Å². The number of para-hydroxylation sites is 3. The number of ether oxygens (including phenoxy) is 2. The molecular weight excluding hydrogens is 382 g/mol. The third-order valence-corrected chi connectivity index (χ3v) is 5.15.